The van der Waals surface area contributed by atoms with Crippen LogP contribution in [0, 0.1) is 0 Å². The Morgan fingerprint density at radius 3 is 2.38 bits per heavy atom. The lowest BCUT2D eigenvalue weighted by Gasteiger charge is -2.36. The summed E-state index contributed by atoms with van der Waals surface area (Å²) in [6.07, 6.45) is 0. The predicted molar refractivity (Wildman–Crippen MR) is 104 cm³/mol. The zero-order valence-electron chi connectivity index (χ0n) is 14.1. The Balaban J connectivity index is 1.54. The van der Waals surface area contributed by atoms with Crippen LogP contribution in [0.1, 0.15) is 10.4 Å². The first-order valence-electron chi connectivity index (χ1n) is 8.54. The minimum atomic E-state index is -0.258. The van der Waals surface area contributed by atoms with Gasteiger partial charge in [-0.2, -0.15) is 0 Å². The van der Waals surface area contributed by atoms with Gasteiger partial charge >= 0.3 is 0 Å². The van der Waals surface area contributed by atoms with Gasteiger partial charge in [0.05, 0.1) is 5.56 Å². The highest BCUT2D eigenvalue weighted by atomic mass is 35.5. The molecular weight excluding hydrogens is 350 g/mol. The molecule has 1 amide bonds. The quantitative estimate of drug-likeness (QED) is 0.757. The Bertz CT molecular complexity index is 1010. The largest absolute Gasteiger partial charge is 0.368 e. The molecule has 1 fully saturated rings. The van der Waals surface area contributed by atoms with Crippen molar-refractivity contribution in [3.8, 4) is 0 Å². The first kappa shape index (κ1) is 16.7. The maximum Gasteiger partial charge on any atom is 0.254 e. The summed E-state index contributed by atoms with van der Waals surface area (Å²) >= 11 is 5.94. The minimum absolute atomic E-state index is 0.0944. The van der Waals surface area contributed by atoms with E-state index in [1.54, 1.807) is 0 Å². The highest BCUT2D eigenvalue weighted by Crippen LogP contribution is 2.21. The number of aromatic amines is 1. The lowest BCUT2D eigenvalue weighted by Crippen LogP contribution is -2.49. The number of carbonyl (C=O) groups excluding carboxylic acids is 1. The van der Waals surface area contributed by atoms with Crippen molar-refractivity contribution in [3.63, 3.8) is 0 Å². The summed E-state index contributed by atoms with van der Waals surface area (Å²) < 4.78 is 0. The third-order valence-corrected chi connectivity index (χ3v) is 4.99. The number of pyridine rings is 1. The van der Waals surface area contributed by atoms with E-state index in [1.165, 1.54) is 6.07 Å². The van der Waals surface area contributed by atoms with E-state index in [-0.39, 0.29) is 11.5 Å². The fourth-order valence-corrected chi connectivity index (χ4v) is 3.50. The summed E-state index contributed by atoms with van der Waals surface area (Å²) in [5.74, 6) is -0.0944. The van der Waals surface area contributed by atoms with Crippen molar-refractivity contribution >= 4 is 34.1 Å². The molecular formula is C20H18ClN3O2. The summed E-state index contributed by atoms with van der Waals surface area (Å²) in [4.78, 5) is 31.7. The average molecular weight is 368 g/mol. The zero-order valence-corrected chi connectivity index (χ0v) is 14.9. The molecule has 2 aromatic carbocycles. The molecule has 26 heavy (non-hydrogen) atoms. The van der Waals surface area contributed by atoms with Crippen LogP contribution in [0.4, 0.5) is 5.69 Å². The van der Waals surface area contributed by atoms with Gasteiger partial charge in [-0.3, -0.25) is 9.59 Å². The molecule has 2 heterocycles. The molecule has 0 saturated carbocycles. The van der Waals surface area contributed by atoms with Crippen LogP contribution in [0.25, 0.3) is 10.9 Å². The number of para-hydroxylation sites is 1. The molecule has 0 spiro atoms. The molecule has 1 saturated heterocycles. The first-order valence-corrected chi connectivity index (χ1v) is 8.91. The zero-order chi connectivity index (χ0) is 18.1. The van der Waals surface area contributed by atoms with Crippen molar-refractivity contribution in [2.45, 2.75) is 0 Å². The summed E-state index contributed by atoms with van der Waals surface area (Å²) in [6.45, 7) is 2.72. The van der Waals surface area contributed by atoms with Gasteiger partial charge in [0.15, 0.2) is 0 Å². The molecule has 0 unspecified atom stereocenters. The standard InChI is InChI=1S/C20H18ClN3O2/c21-14-5-7-15(8-6-14)23-9-11-24(12-10-23)20(26)17-13-19(25)22-18-4-2-1-3-16(17)18/h1-8,13H,9-12H2,(H,22,25). The van der Waals surface area contributed by atoms with Crippen molar-refractivity contribution in [3.05, 3.63) is 75.5 Å². The van der Waals surface area contributed by atoms with E-state index < -0.39 is 0 Å². The fourth-order valence-electron chi connectivity index (χ4n) is 3.37. The van der Waals surface area contributed by atoms with Crippen LogP contribution < -0.4 is 10.5 Å². The number of hydrogen-bond donors (Lipinski definition) is 1. The number of anilines is 1. The summed E-state index contributed by atoms with van der Waals surface area (Å²) in [5, 5.41) is 1.49. The number of carbonyl (C=O) groups is 1. The highest BCUT2D eigenvalue weighted by Gasteiger charge is 2.24. The van der Waals surface area contributed by atoms with E-state index in [0.717, 1.165) is 24.2 Å². The number of aromatic nitrogens is 1. The van der Waals surface area contributed by atoms with Gasteiger partial charge in [-0.1, -0.05) is 29.8 Å². The van der Waals surface area contributed by atoms with Crippen LogP contribution in [0.5, 0.6) is 0 Å². The van der Waals surface area contributed by atoms with E-state index in [4.69, 9.17) is 11.6 Å². The number of amides is 1. The van der Waals surface area contributed by atoms with Crippen molar-refractivity contribution in [1.82, 2.24) is 9.88 Å². The first-order chi connectivity index (χ1) is 12.6. The maximum absolute atomic E-state index is 13.0. The van der Waals surface area contributed by atoms with Crippen LogP contribution in [-0.2, 0) is 0 Å². The van der Waals surface area contributed by atoms with Crippen LogP contribution in [-0.4, -0.2) is 42.0 Å². The third kappa shape index (κ3) is 3.18. The second-order valence-electron chi connectivity index (χ2n) is 6.35. The smallest absolute Gasteiger partial charge is 0.254 e. The van der Waals surface area contributed by atoms with Gasteiger partial charge in [-0.05, 0) is 30.3 Å². The number of hydrogen-bond acceptors (Lipinski definition) is 3. The Labute approximate surface area is 155 Å². The van der Waals surface area contributed by atoms with Crippen molar-refractivity contribution < 1.29 is 4.79 Å². The molecule has 0 atom stereocenters. The SMILES string of the molecule is O=C(c1cc(=O)[nH]c2ccccc12)N1CCN(c2ccc(Cl)cc2)CC1. The summed E-state index contributed by atoms with van der Waals surface area (Å²) in [6, 6.07) is 16.5. The molecule has 1 aliphatic rings. The second-order valence-corrected chi connectivity index (χ2v) is 6.78. The molecule has 0 radical (unpaired) electrons. The van der Waals surface area contributed by atoms with E-state index in [0.29, 0.717) is 29.2 Å². The molecule has 6 heteroatoms. The maximum atomic E-state index is 13.0. The number of H-pyrrole nitrogens is 1. The topological polar surface area (TPSA) is 56.4 Å². The number of benzene rings is 2. The number of nitrogens with one attached hydrogen (secondary N) is 1. The van der Waals surface area contributed by atoms with E-state index in [9.17, 15) is 9.59 Å². The van der Waals surface area contributed by atoms with Crippen LogP contribution in [0.2, 0.25) is 5.02 Å². The number of halogens is 1. The summed E-state index contributed by atoms with van der Waals surface area (Å²) in [5.41, 5.74) is 1.99. The van der Waals surface area contributed by atoms with Gasteiger partial charge in [-0.15, -0.1) is 0 Å². The molecule has 132 valence electrons. The third-order valence-electron chi connectivity index (χ3n) is 4.74. The van der Waals surface area contributed by atoms with Gasteiger partial charge in [-0.25, -0.2) is 0 Å². The van der Waals surface area contributed by atoms with Crippen molar-refractivity contribution in [2.75, 3.05) is 31.1 Å². The van der Waals surface area contributed by atoms with Gasteiger partial charge in [0.1, 0.15) is 0 Å². The van der Waals surface area contributed by atoms with Crippen molar-refractivity contribution in [1.29, 1.82) is 0 Å². The fraction of sp³-hybridized carbons (Fsp3) is 0.200. The highest BCUT2D eigenvalue weighted by molar-refractivity contribution is 6.30. The normalized spacial score (nSPS) is 14.7. The van der Waals surface area contributed by atoms with Crippen molar-refractivity contribution in [2.24, 2.45) is 0 Å². The van der Waals surface area contributed by atoms with Crippen LogP contribution in [0.3, 0.4) is 0 Å². The molecule has 5 nitrogen and oxygen atoms in total. The van der Waals surface area contributed by atoms with Gasteiger partial charge in [0.2, 0.25) is 5.56 Å². The second kappa shape index (κ2) is 6.84. The minimum Gasteiger partial charge on any atom is -0.368 e. The lowest BCUT2D eigenvalue weighted by atomic mass is 10.1. The molecule has 1 N–H and O–H groups in total. The van der Waals surface area contributed by atoms with Gasteiger partial charge in [0, 0.05) is 53.9 Å². The van der Waals surface area contributed by atoms with Gasteiger partial charge in [0.25, 0.3) is 5.91 Å². The molecule has 1 aliphatic heterocycles. The molecule has 0 bridgehead atoms. The molecule has 3 aromatic rings. The van der Waals surface area contributed by atoms with E-state index in [1.807, 2.05) is 53.4 Å². The number of rotatable bonds is 2. The number of piperazine rings is 1. The average Bonchev–Trinajstić information content (AvgIpc) is 2.67. The molecule has 0 aliphatic carbocycles. The Morgan fingerprint density at radius 2 is 1.65 bits per heavy atom. The lowest BCUT2D eigenvalue weighted by molar-refractivity contribution is 0.0748. The summed E-state index contributed by atoms with van der Waals surface area (Å²) in [7, 11) is 0. The Morgan fingerprint density at radius 1 is 0.962 bits per heavy atom. The Kier molecular flexibility index (Phi) is 4.39. The Hall–Kier alpha value is -2.79. The van der Waals surface area contributed by atoms with Crippen LogP contribution in [0.15, 0.2) is 59.4 Å². The monoisotopic (exact) mass is 367 g/mol. The number of nitrogens with zero attached hydrogens (tertiary/aromatic N) is 2. The molecule has 4 rings (SSSR count). The van der Waals surface area contributed by atoms with Crippen LogP contribution >= 0.6 is 11.6 Å². The number of fused-ring (bicyclic) bond motifs is 1. The van der Waals surface area contributed by atoms with E-state index in [2.05, 4.69) is 9.88 Å². The van der Waals surface area contributed by atoms with E-state index >= 15 is 0 Å². The molecule has 1 aromatic heterocycles. The van der Waals surface area contributed by atoms with Gasteiger partial charge < -0.3 is 14.8 Å². The predicted octanol–water partition coefficient (Wildman–Crippen LogP) is 3.14.